The Morgan fingerprint density at radius 2 is 2.14 bits per heavy atom. The molecule has 0 radical (unpaired) electrons. The van der Waals surface area contributed by atoms with Gasteiger partial charge in [0.2, 0.25) is 5.91 Å². The van der Waals surface area contributed by atoms with Crippen molar-refractivity contribution in [2.45, 2.75) is 26.6 Å². The number of nitrogens with zero attached hydrogens (tertiary/aromatic N) is 4. The van der Waals surface area contributed by atoms with Crippen LogP contribution in [0, 0.1) is 11.7 Å². The molecule has 2 aromatic rings. The predicted octanol–water partition coefficient (Wildman–Crippen LogP) is 2.14. The first-order chi connectivity index (χ1) is 13.9. The zero-order valence-corrected chi connectivity index (χ0v) is 16.6. The van der Waals surface area contributed by atoms with Crippen molar-refractivity contribution in [3.8, 4) is 0 Å². The first kappa shape index (κ1) is 20.9. The molecule has 1 saturated heterocycles. The minimum Gasteiger partial charge on any atom is -0.370 e. The minimum atomic E-state index is -0.399. The lowest BCUT2D eigenvalue weighted by Crippen LogP contribution is -2.40. The number of hydrogen-bond donors (Lipinski definition) is 0. The number of rotatable bonds is 6. The molecule has 1 aliphatic heterocycles. The second kappa shape index (κ2) is 9.56. The van der Waals surface area contributed by atoms with Crippen LogP contribution in [0.15, 0.2) is 42.9 Å². The van der Waals surface area contributed by atoms with Gasteiger partial charge in [-0.25, -0.2) is 9.37 Å². The van der Waals surface area contributed by atoms with Gasteiger partial charge in [-0.2, -0.15) is 0 Å². The maximum atomic E-state index is 13.4. The molecule has 1 aromatic carbocycles. The first-order valence-electron chi connectivity index (χ1n) is 9.61. The fourth-order valence-corrected chi connectivity index (χ4v) is 3.27. The van der Waals surface area contributed by atoms with Crippen molar-refractivity contribution in [2.75, 3.05) is 26.2 Å². The molecule has 7 nitrogen and oxygen atoms in total. The monoisotopic (exact) mass is 400 g/mol. The van der Waals surface area contributed by atoms with Crippen molar-refractivity contribution in [3.63, 3.8) is 0 Å². The number of aromatic nitrogens is 2. The smallest absolute Gasteiger partial charge is 0.274 e. The van der Waals surface area contributed by atoms with Crippen LogP contribution in [0.1, 0.15) is 29.9 Å². The molecule has 2 amide bonds. The van der Waals surface area contributed by atoms with Crippen molar-refractivity contribution in [1.82, 2.24) is 19.8 Å². The summed E-state index contributed by atoms with van der Waals surface area (Å²) in [5, 5.41) is 0. The van der Waals surface area contributed by atoms with E-state index in [0.717, 1.165) is 0 Å². The summed E-state index contributed by atoms with van der Waals surface area (Å²) in [5.74, 6) is -0.543. The van der Waals surface area contributed by atoms with E-state index >= 15 is 0 Å². The zero-order chi connectivity index (χ0) is 20.8. The quantitative estimate of drug-likeness (QED) is 0.743. The van der Waals surface area contributed by atoms with Gasteiger partial charge in [-0.05, 0) is 23.6 Å². The Bertz CT molecular complexity index is 847. The Labute approximate surface area is 169 Å². The number of benzene rings is 1. The van der Waals surface area contributed by atoms with Crippen molar-refractivity contribution in [1.29, 1.82) is 0 Å². The summed E-state index contributed by atoms with van der Waals surface area (Å²) in [7, 11) is 0. The molecule has 1 fully saturated rings. The van der Waals surface area contributed by atoms with Gasteiger partial charge in [-0.1, -0.05) is 26.0 Å². The average Bonchev–Trinajstić information content (AvgIpc) is 2.85. The van der Waals surface area contributed by atoms with Crippen LogP contribution in [0.2, 0.25) is 0 Å². The van der Waals surface area contributed by atoms with Gasteiger partial charge in [-0.3, -0.25) is 14.6 Å². The van der Waals surface area contributed by atoms with Gasteiger partial charge in [-0.15, -0.1) is 0 Å². The lowest BCUT2D eigenvalue weighted by molar-refractivity contribution is -0.132. The summed E-state index contributed by atoms with van der Waals surface area (Å²) in [5.41, 5.74) is 0.879. The molecular formula is C21H25FN4O3. The number of hydrogen-bond acceptors (Lipinski definition) is 5. The van der Waals surface area contributed by atoms with Crippen LogP contribution in [0.4, 0.5) is 4.39 Å². The molecule has 29 heavy (non-hydrogen) atoms. The van der Waals surface area contributed by atoms with Gasteiger partial charge in [0.05, 0.1) is 18.9 Å². The van der Waals surface area contributed by atoms with Crippen LogP contribution in [0.5, 0.6) is 0 Å². The summed E-state index contributed by atoms with van der Waals surface area (Å²) in [6, 6.07) is 6.19. The third-order valence-corrected chi connectivity index (χ3v) is 4.56. The summed E-state index contributed by atoms with van der Waals surface area (Å²) >= 11 is 0. The normalized spacial score (nSPS) is 17.5. The van der Waals surface area contributed by atoms with Crippen LogP contribution in [-0.2, 0) is 16.1 Å². The molecule has 154 valence electrons. The van der Waals surface area contributed by atoms with Gasteiger partial charge in [0.25, 0.3) is 5.91 Å². The molecule has 0 saturated carbocycles. The Morgan fingerprint density at radius 1 is 1.31 bits per heavy atom. The number of carbonyl (C=O) groups is 2. The molecule has 1 unspecified atom stereocenters. The molecule has 3 rings (SSSR count). The largest absolute Gasteiger partial charge is 0.370 e. The number of carbonyl (C=O) groups excluding carboxylic acids is 2. The van der Waals surface area contributed by atoms with Crippen molar-refractivity contribution in [3.05, 3.63) is 59.9 Å². The molecule has 0 spiro atoms. The molecule has 0 N–H and O–H groups in total. The van der Waals surface area contributed by atoms with E-state index in [2.05, 4.69) is 9.97 Å². The van der Waals surface area contributed by atoms with Gasteiger partial charge < -0.3 is 14.5 Å². The van der Waals surface area contributed by atoms with Crippen molar-refractivity contribution >= 4 is 11.8 Å². The van der Waals surface area contributed by atoms with Crippen LogP contribution in [0.3, 0.4) is 0 Å². The highest BCUT2D eigenvalue weighted by molar-refractivity contribution is 5.95. The second-order valence-corrected chi connectivity index (χ2v) is 7.53. The molecule has 8 heteroatoms. The van der Waals surface area contributed by atoms with Crippen LogP contribution < -0.4 is 0 Å². The number of ether oxygens (including phenoxy) is 1. The molecule has 1 atom stereocenters. The van der Waals surface area contributed by atoms with Gasteiger partial charge in [0.15, 0.2) is 0 Å². The zero-order valence-electron chi connectivity index (χ0n) is 16.6. The van der Waals surface area contributed by atoms with Gasteiger partial charge >= 0.3 is 0 Å². The third-order valence-electron chi connectivity index (χ3n) is 4.56. The standard InChI is InChI=1S/C21H25FN4O3/c1-15(2)10-25-11-18(29-14-16-4-3-5-17(22)8-16)12-26(13-20(25)27)21(28)19-9-23-6-7-24-19/h3-9,15,18H,10-14H2,1-2H3. The lowest BCUT2D eigenvalue weighted by atomic mass is 10.2. The molecule has 0 aliphatic carbocycles. The summed E-state index contributed by atoms with van der Waals surface area (Å²) in [6.07, 6.45) is 3.91. The van der Waals surface area contributed by atoms with Crippen molar-refractivity contribution in [2.24, 2.45) is 5.92 Å². The van der Waals surface area contributed by atoms with Crippen LogP contribution >= 0.6 is 0 Å². The highest BCUT2D eigenvalue weighted by Gasteiger charge is 2.32. The fourth-order valence-electron chi connectivity index (χ4n) is 3.27. The summed E-state index contributed by atoms with van der Waals surface area (Å²) < 4.78 is 19.4. The fraction of sp³-hybridized carbons (Fsp3) is 0.429. The molecule has 1 aromatic heterocycles. The van der Waals surface area contributed by atoms with E-state index < -0.39 is 6.10 Å². The van der Waals surface area contributed by atoms with E-state index in [0.29, 0.717) is 18.7 Å². The Balaban J connectivity index is 1.76. The van der Waals surface area contributed by atoms with Crippen molar-refractivity contribution < 1.29 is 18.7 Å². The second-order valence-electron chi connectivity index (χ2n) is 7.53. The predicted molar refractivity (Wildman–Crippen MR) is 104 cm³/mol. The Hall–Kier alpha value is -2.87. The number of amides is 2. The Morgan fingerprint density at radius 3 is 2.83 bits per heavy atom. The molecular weight excluding hydrogens is 375 g/mol. The van der Waals surface area contributed by atoms with E-state index in [1.807, 2.05) is 13.8 Å². The van der Waals surface area contributed by atoms with Gasteiger partial charge in [0, 0.05) is 32.0 Å². The van der Waals surface area contributed by atoms with Crippen LogP contribution in [-0.4, -0.2) is 63.9 Å². The molecule has 0 bridgehead atoms. The van der Waals surface area contributed by atoms with E-state index in [9.17, 15) is 14.0 Å². The van der Waals surface area contributed by atoms with E-state index in [4.69, 9.17) is 4.74 Å². The lowest BCUT2D eigenvalue weighted by Gasteiger charge is -2.26. The van der Waals surface area contributed by atoms with Gasteiger partial charge in [0.1, 0.15) is 18.1 Å². The Kier molecular flexibility index (Phi) is 6.87. The average molecular weight is 400 g/mol. The SMILES string of the molecule is CC(C)CN1CC(OCc2cccc(F)c2)CN(C(=O)c2cnccn2)CC1=O. The topological polar surface area (TPSA) is 75.6 Å². The van der Waals surface area contributed by atoms with E-state index in [-0.39, 0.29) is 48.9 Å². The number of halogens is 1. The van der Waals surface area contributed by atoms with Crippen LogP contribution in [0.25, 0.3) is 0 Å². The highest BCUT2D eigenvalue weighted by atomic mass is 19.1. The minimum absolute atomic E-state index is 0.0397. The first-order valence-corrected chi connectivity index (χ1v) is 9.61. The maximum Gasteiger partial charge on any atom is 0.274 e. The van der Waals surface area contributed by atoms with E-state index in [1.54, 1.807) is 17.0 Å². The highest BCUT2D eigenvalue weighted by Crippen LogP contribution is 2.15. The molecule has 1 aliphatic rings. The van der Waals surface area contributed by atoms with E-state index in [1.165, 1.54) is 35.6 Å². The maximum absolute atomic E-state index is 13.4. The molecule has 2 heterocycles. The summed E-state index contributed by atoms with van der Waals surface area (Å²) in [4.78, 5) is 36.7. The summed E-state index contributed by atoms with van der Waals surface area (Å²) in [6.45, 7) is 5.40. The third kappa shape index (κ3) is 5.80.